The van der Waals surface area contributed by atoms with Gasteiger partial charge in [-0.3, -0.25) is 0 Å². The summed E-state index contributed by atoms with van der Waals surface area (Å²) in [6.45, 7) is 8.18. The van der Waals surface area contributed by atoms with Crippen LogP contribution in [-0.2, 0) is 10.0 Å². The number of para-hydroxylation sites is 1. The van der Waals surface area contributed by atoms with Gasteiger partial charge in [0.1, 0.15) is 18.9 Å². The van der Waals surface area contributed by atoms with Gasteiger partial charge in [-0.15, -0.1) is 0 Å². The predicted octanol–water partition coefficient (Wildman–Crippen LogP) is 1.27. The summed E-state index contributed by atoms with van der Waals surface area (Å²) in [5, 5.41) is 0. The molecule has 5 nitrogen and oxygen atoms in total. The van der Waals surface area contributed by atoms with Gasteiger partial charge in [0.05, 0.1) is 31.1 Å². The first kappa shape index (κ1) is 18.9. The summed E-state index contributed by atoms with van der Waals surface area (Å²) in [5.74, 6) is 0.878. The highest BCUT2D eigenvalue weighted by molar-refractivity contribution is 7.89. The molecule has 1 N–H and O–H groups in total. The van der Waals surface area contributed by atoms with E-state index >= 15 is 0 Å². The van der Waals surface area contributed by atoms with Crippen molar-refractivity contribution in [3.8, 4) is 5.75 Å². The Morgan fingerprint density at radius 2 is 1.69 bits per heavy atom. The van der Waals surface area contributed by atoms with E-state index in [2.05, 4.69) is 0 Å². The third kappa shape index (κ3) is 4.44. The van der Waals surface area contributed by atoms with Gasteiger partial charge in [0, 0.05) is 0 Å². The number of rotatable bonds is 6. The summed E-state index contributed by atoms with van der Waals surface area (Å²) >= 11 is 0. The first-order chi connectivity index (χ1) is 12.5. The zero-order valence-electron chi connectivity index (χ0n) is 15.4. The van der Waals surface area contributed by atoms with E-state index in [1.165, 1.54) is 4.90 Å². The third-order valence-corrected chi connectivity index (χ3v) is 6.91. The molecule has 6 heteroatoms. The molecule has 1 heterocycles. The standard InChI is InChI=1S/C20H26N2O3S/c1-17-8-9-20(16-18(17)2)26(23,24)22-12-10-21(11-13-22)14-15-25-19-6-4-3-5-7-19/h3-9,16H,10-15H2,1-2H3/p+1. The fourth-order valence-corrected chi connectivity index (χ4v) is 4.67. The molecule has 0 bridgehead atoms. The van der Waals surface area contributed by atoms with Crippen LogP contribution < -0.4 is 9.64 Å². The van der Waals surface area contributed by atoms with E-state index in [1.807, 2.05) is 50.2 Å². The van der Waals surface area contributed by atoms with Crippen molar-refractivity contribution in [2.45, 2.75) is 18.7 Å². The molecule has 26 heavy (non-hydrogen) atoms. The van der Waals surface area contributed by atoms with E-state index in [4.69, 9.17) is 4.74 Å². The van der Waals surface area contributed by atoms with Crippen LogP contribution >= 0.6 is 0 Å². The summed E-state index contributed by atoms with van der Waals surface area (Å²) in [6.07, 6.45) is 0. The van der Waals surface area contributed by atoms with E-state index in [1.54, 1.807) is 16.4 Å². The Hall–Kier alpha value is -1.89. The van der Waals surface area contributed by atoms with Crippen molar-refractivity contribution in [1.29, 1.82) is 0 Å². The van der Waals surface area contributed by atoms with Crippen molar-refractivity contribution in [1.82, 2.24) is 4.31 Å². The van der Waals surface area contributed by atoms with Crippen LogP contribution in [0, 0.1) is 13.8 Å². The lowest BCUT2D eigenvalue weighted by Gasteiger charge is -2.31. The summed E-state index contributed by atoms with van der Waals surface area (Å²) in [6, 6.07) is 15.1. The lowest BCUT2D eigenvalue weighted by Crippen LogP contribution is -3.15. The molecule has 0 saturated carbocycles. The molecule has 1 saturated heterocycles. The van der Waals surface area contributed by atoms with Gasteiger partial charge in [0.15, 0.2) is 0 Å². The Labute approximate surface area is 156 Å². The first-order valence-corrected chi connectivity index (χ1v) is 10.5. The van der Waals surface area contributed by atoms with Crippen LogP contribution in [0.5, 0.6) is 5.75 Å². The summed E-state index contributed by atoms with van der Waals surface area (Å²) in [7, 11) is -3.40. The van der Waals surface area contributed by atoms with Gasteiger partial charge in [0.2, 0.25) is 10.0 Å². The highest BCUT2D eigenvalue weighted by Crippen LogP contribution is 2.19. The van der Waals surface area contributed by atoms with Crippen molar-refractivity contribution in [3.05, 3.63) is 59.7 Å². The molecule has 0 spiro atoms. The quantitative estimate of drug-likeness (QED) is 0.827. The smallest absolute Gasteiger partial charge is 0.243 e. The second-order valence-corrected chi connectivity index (χ2v) is 8.75. The van der Waals surface area contributed by atoms with Crippen molar-refractivity contribution in [3.63, 3.8) is 0 Å². The van der Waals surface area contributed by atoms with E-state index in [0.29, 0.717) is 24.6 Å². The van der Waals surface area contributed by atoms with Gasteiger partial charge in [-0.1, -0.05) is 24.3 Å². The van der Waals surface area contributed by atoms with Crippen LogP contribution in [0.1, 0.15) is 11.1 Å². The number of sulfonamides is 1. The van der Waals surface area contributed by atoms with E-state index in [-0.39, 0.29) is 0 Å². The van der Waals surface area contributed by atoms with Gasteiger partial charge < -0.3 is 9.64 Å². The Bertz CT molecular complexity index is 829. The zero-order chi connectivity index (χ0) is 18.6. The molecule has 1 aliphatic heterocycles. The number of piperazine rings is 1. The summed E-state index contributed by atoms with van der Waals surface area (Å²) in [5.41, 5.74) is 2.12. The minimum absolute atomic E-state index is 0.400. The van der Waals surface area contributed by atoms with Gasteiger partial charge in [-0.05, 0) is 49.2 Å². The number of nitrogens with one attached hydrogen (secondary N) is 1. The van der Waals surface area contributed by atoms with Gasteiger partial charge >= 0.3 is 0 Å². The Balaban J connectivity index is 1.52. The predicted molar refractivity (Wildman–Crippen MR) is 102 cm³/mol. The number of quaternary nitrogens is 1. The molecule has 0 radical (unpaired) electrons. The average molecular weight is 376 g/mol. The second kappa shape index (κ2) is 8.20. The largest absolute Gasteiger partial charge is 0.488 e. The lowest BCUT2D eigenvalue weighted by atomic mass is 10.1. The Kier molecular flexibility index (Phi) is 5.96. The first-order valence-electron chi connectivity index (χ1n) is 9.05. The lowest BCUT2D eigenvalue weighted by molar-refractivity contribution is -0.903. The van der Waals surface area contributed by atoms with E-state index in [9.17, 15) is 8.42 Å². The molecule has 140 valence electrons. The van der Waals surface area contributed by atoms with Crippen LogP contribution in [0.2, 0.25) is 0 Å². The second-order valence-electron chi connectivity index (χ2n) is 6.81. The normalized spacial score (nSPS) is 16.5. The average Bonchev–Trinajstić information content (AvgIpc) is 2.65. The maximum absolute atomic E-state index is 12.8. The van der Waals surface area contributed by atoms with Crippen LogP contribution in [0.25, 0.3) is 0 Å². The maximum Gasteiger partial charge on any atom is 0.243 e. The van der Waals surface area contributed by atoms with Gasteiger partial charge in [0.25, 0.3) is 0 Å². The molecule has 1 aliphatic rings. The fraction of sp³-hybridized carbons (Fsp3) is 0.400. The van der Waals surface area contributed by atoms with E-state index in [0.717, 1.165) is 36.5 Å². The molecular formula is C20H27N2O3S+. The highest BCUT2D eigenvalue weighted by atomic mass is 32.2. The molecule has 0 aliphatic carbocycles. The van der Waals surface area contributed by atoms with Crippen molar-refractivity contribution in [2.24, 2.45) is 0 Å². The van der Waals surface area contributed by atoms with Gasteiger partial charge in [-0.2, -0.15) is 4.31 Å². The number of hydrogen-bond acceptors (Lipinski definition) is 3. The Morgan fingerprint density at radius 1 is 1.00 bits per heavy atom. The molecule has 2 aromatic rings. The topological polar surface area (TPSA) is 51.0 Å². The van der Waals surface area contributed by atoms with E-state index < -0.39 is 10.0 Å². The van der Waals surface area contributed by atoms with Crippen LogP contribution in [0.15, 0.2) is 53.4 Å². The molecule has 0 unspecified atom stereocenters. The monoisotopic (exact) mass is 375 g/mol. The van der Waals surface area contributed by atoms with Crippen LogP contribution in [0.4, 0.5) is 0 Å². The minimum Gasteiger partial charge on any atom is -0.488 e. The number of nitrogens with zero attached hydrogens (tertiary/aromatic N) is 1. The molecule has 0 amide bonds. The molecule has 3 rings (SSSR count). The van der Waals surface area contributed by atoms with Crippen molar-refractivity contribution >= 4 is 10.0 Å². The van der Waals surface area contributed by atoms with Crippen molar-refractivity contribution < 1.29 is 18.1 Å². The summed E-state index contributed by atoms with van der Waals surface area (Å²) < 4.78 is 33.1. The molecule has 0 aromatic heterocycles. The van der Waals surface area contributed by atoms with Crippen LogP contribution in [-0.4, -0.2) is 52.1 Å². The molecule has 2 aromatic carbocycles. The number of benzene rings is 2. The molecule has 1 fully saturated rings. The third-order valence-electron chi connectivity index (χ3n) is 5.01. The highest BCUT2D eigenvalue weighted by Gasteiger charge is 2.30. The molecule has 0 atom stereocenters. The summed E-state index contributed by atoms with van der Waals surface area (Å²) in [4.78, 5) is 1.78. The van der Waals surface area contributed by atoms with Gasteiger partial charge in [-0.25, -0.2) is 8.42 Å². The van der Waals surface area contributed by atoms with Crippen LogP contribution in [0.3, 0.4) is 0 Å². The number of ether oxygens (including phenoxy) is 1. The molecular weight excluding hydrogens is 348 g/mol. The maximum atomic E-state index is 12.8. The fourth-order valence-electron chi connectivity index (χ4n) is 3.15. The minimum atomic E-state index is -3.40. The number of aryl methyl sites for hydroxylation is 2. The SMILES string of the molecule is Cc1ccc(S(=O)(=O)N2CC[NH+](CCOc3ccccc3)CC2)cc1C. The number of hydrogen-bond donors (Lipinski definition) is 1. The zero-order valence-corrected chi connectivity index (χ0v) is 16.3. The van der Waals surface area contributed by atoms with Crippen molar-refractivity contribution in [2.75, 3.05) is 39.3 Å². The Morgan fingerprint density at radius 3 is 2.35 bits per heavy atom.